The predicted molar refractivity (Wildman–Crippen MR) is 92.6 cm³/mol. The fourth-order valence-electron chi connectivity index (χ4n) is 2.15. The number of benzene rings is 2. The molecule has 0 bridgehead atoms. The second-order valence-electron chi connectivity index (χ2n) is 5.24. The van der Waals surface area contributed by atoms with Crippen LogP contribution in [0.3, 0.4) is 0 Å². The summed E-state index contributed by atoms with van der Waals surface area (Å²) >= 11 is 0. The number of rotatable bonds is 5. The highest BCUT2D eigenvalue weighted by molar-refractivity contribution is 6.03. The van der Waals surface area contributed by atoms with E-state index >= 15 is 0 Å². The smallest absolute Gasteiger partial charge is 0.256 e. The summed E-state index contributed by atoms with van der Waals surface area (Å²) in [6, 6.07) is 12.8. The van der Waals surface area contributed by atoms with Gasteiger partial charge in [-0.1, -0.05) is 6.07 Å². The van der Waals surface area contributed by atoms with Gasteiger partial charge >= 0.3 is 0 Å². The molecule has 3 aromatic rings. The van der Waals surface area contributed by atoms with Crippen LogP contribution in [-0.2, 0) is 0 Å². The molecule has 0 fully saturated rings. The third kappa shape index (κ3) is 4.10. The van der Waals surface area contributed by atoms with E-state index in [2.05, 4.69) is 20.8 Å². The van der Waals surface area contributed by atoms with Gasteiger partial charge in [0.05, 0.1) is 12.8 Å². The Morgan fingerprint density at radius 1 is 1.00 bits per heavy atom. The van der Waals surface area contributed by atoms with Crippen LogP contribution in [0.2, 0.25) is 0 Å². The average Bonchev–Trinajstić information content (AvgIpc) is 2.65. The summed E-state index contributed by atoms with van der Waals surface area (Å²) in [5.41, 5.74) is 0.468. The summed E-state index contributed by atoms with van der Waals surface area (Å²) in [6.07, 6.45) is 0. The van der Waals surface area contributed by atoms with Gasteiger partial charge in [-0.3, -0.25) is 4.79 Å². The van der Waals surface area contributed by atoms with Crippen LogP contribution < -0.4 is 15.4 Å². The first-order valence-corrected chi connectivity index (χ1v) is 7.56. The van der Waals surface area contributed by atoms with Crippen LogP contribution in [0, 0.1) is 11.6 Å². The van der Waals surface area contributed by atoms with E-state index in [4.69, 9.17) is 4.74 Å². The second kappa shape index (κ2) is 7.56. The molecule has 0 aliphatic heterocycles. The van der Waals surface area contributed by atoms with Gasteiger partial charge in [-0.15, -0.1) is 10.2 Å². The highest BCUT2D eigenvalue weighted by atomic mass is 19.1. The molecule has 2 aromatic carbocycles. The zero-order chi connectivity index (χ0) is 18.5. The molecule has 0 spiro atoms. The summed E-state index contributed by atoms with van der Waals surface area (Å²) in [6.45, 7) is 0. The lowest BCUT2D eigenvalue weighted by Crippen LogP contribution is -2.13. The van der Waals surface area contributed by atoms with Crippen molar-refractivity contribution in [2.75, 3.05) is 17.7 Å². The SMILES string of the molecule is COc1cccc(C(=O)Nc2ccc(Nc3ccc(F)cc3F)nn2)c1. The molecule has 2 N–H and O–H groups in total. The van der Waals surface area contributed by atoms with Crippen molar-refractivity contribution in [3.05, 3.63) is 71.8 Å². The van der Waals surface area contributed by atoms with Crippen molar-refractivity contribution in [3.63, 3.8) is 0 Å². The molecular formula is C18H14F2N4O2. The van der Waals surface area contributed by atoms with Gasteiger partial charge in [0.2, 0.25) is 0 Å². The average molecular weight is 356 g/mol. The number of carbonyl (C=O) groups is 1. The van der Waals surface area contributed by atoms with E-state index in [1.165, 1.54) is 25.3 Å². The van der Waals surface area contributed by atoms with Gasteiger partial charge in [0.1, 0.15) is 17.4 Å². The van der Waals surface area contributed by atoms with E-state index in [9.17, 15) is 13.6 Å². The largest absolute Gasteiger partial charge is 0.497 e. The highest BCUT2D eigenvalue weighted by Crippen LogP contribution is 2.20. The minimum absolute atomic E-state index is 0.0638. The Morgan fingerprint density at radius 3 is 2.46 bits per heavy atom. The number of amides is 1. The summed E-state index contributed by atoms with van der Waals surface area (Å²) in [5, 5.41) is 13.0. The molecule has 8 heteroatoms. The maximum absolute atomic E-state index is 13.6. The second-order valence-corrected chi connectivity index (χ2v) is 5.24. The Hall–Kier alpha value is -3.55. The molecular weight excluding hydrogens is 342 g/mol. The monoisotopic (exact) mass is 356 g/mol. The molecule has 6 nitrogen and oxygen atoms in total. The van der Waals surface area contributed by atoms with Gasteiger partial charge in [-0.25, -0.2) is 8.78 Å². The van der Waals surface area contributed by atoms with Crippen LogP contribution in [-0.4, -0.2) is 23.2 Å². The van der Waals surface area contributed by atoms with Crippen molar-refractivity contribution in [1.82, 2.24) is 10.2 Å². The summed E-state index contributed by atoms with van der Waals surface area (Å²) in [7, 11) is 1.51. The molecule has 0 radical (unpaired) electrons. The van der Waals surface area contributed by atoms with Crippen LogP contribution in [0.5, 0.6) is 5.75 Å². The number of ether oxygens (including phenoxy) is 1. The minimum Gasteiger partial charge on any atom is -0.497 e. The summed E-state index contributed by atoms with van der Waals surface area (Å²) in [4.78, 5) is 12.2. The number of nitrogens with one attached hydrogen (secondary N) is 2. The lowest BCUT2D eigenvalue weighted by molar-refractivity contribution is 0.102. The van der Waals surface area contributed by atoms with Gasteiger partial charge < -0.3 is 15.4 Å². The van der Waals surface area contributed by atoms with Crippen molar-refractivity contribution >= 4 is 23.2 Å². The molecule has 3 rings (SSSR count). The molecule has 0 atom stereocenters. The van der Waals surface area contributed by atoms with Crippen molar-refractivity contribution in [3.8, 4) is 5.75 Å². The molecule has 26 heavy (non-hydrogen) atoms. The van der Waals surface area contributed by atoms with Crippen molar-refractivity contribution in [1.29, 1.82) is 0 Å². The molecule has 1 aromatic heterocycles. The maximum atomic E-state index is 13.6. The van der Waals surface area contributed by atoms with E-state index in [0.717, 1.165) is 12.1 Å². The first-order chi connectivity index (χ1) is 12.5. The maximum Gasteiger partial charge on any atom is 0.256 e. The van der Waals surface area contributed by atoms with E-state index in [0.29, 0.717) is 11.3 Å². The predicted octanol–water partition coefficient (Wildman–Crippen LogP) is 3.76. The van der Waals surface area contributed by atoms with Gasteiger partial charge in [0.25, 0.3) is 5.91 Å². The van der Waals surface area contributed by atoms with Crippen molar-refractivity contribution in [2.45, 2.75) is 0 Å². The number of hydrogen-bond acceptors (Lipinski definition) is 5. The molecule has 0 saturated heterocycles. The van der Waals surface area contributed by atoms with Gasteiger partial charge in [0, 0.05) is 11.6 Å². The third-order valence-electron chi connectivity index (χ3n) is 3.43. The van der Waals surface area contributed by atoms with Crippen LogP contribution in [0.1, 0.15) is 10.4 Å². The van der Waals surface area contributed by atoms with E-state index < -0.39 is 11.6 Å². The van der Waals surface area contributed by atoms with Gasteiger partial charge in [-0.05, 0) is 42.5 Å². The number of anilines is 3. The van der Waals surface area contributed by atoms with Crippen LogP contribution in [0.15, 0.2) is 54.6 Å². The zero-order valence-corrected chi connectivity index (χ0v) is 13.7. The first-order valence-electron chi connectivity index (χ1n) is 7.56. The topological polar surface area (TPSA) is 76.1 Å². The third-order valence-corrected chi connectivity index (χ3v) is 3.43. The van der Waals surface area contributed by atoms with Crippen LogP contribution in [0.4, 0.5) is 26.1 Å². The van der Waals surface area contributed by atoms with Crippen LogP contribution in [0.25, 0.3) is 0 Å². The number of halogens is 2. The fourth-order valence-corrected chi connectivity index (χ4v) is 2.15. The van der Waals surface area contributed by atoms with E-state index in [1.54, 1.807) is 24.3 Å². The Morgan fingerprint density at radius 2 is 1.77 bits per heavy atom. The van der Waals surface area contributed by atoms with E-state index in [1.807, 2.05) is 0 Å². The Labute approximate surface area is 147 Å². The standard InChI is InChI=1S/C18H14F2N4O2/c1-26-13-4-2-3-11(9-13)18(25)22-17-8-7-16(23-24-17)21-15-6-5-12(19)10-14(15)20/h2-10H,1H3,(H,21,23)(H,22,24,25). The minimum atomic E-state index is -0.748. The Balaban J connectivity index is 1.68. The van der Waals surface area contributed by atoms with Crippen LogP contribution >= 0.6 is 0 Å². The number of hydrogen-bond donors (Lipinski definition) is 2. The zero-order valence-electron chi connectivity index (χ0n) is 13.7. The number of carbonyl (C=O) groups excluding carboxylic acids is 1. The fraction of sp³-hybridized carbons (Fsp3) is 0.0556. The number of methoxy groups -OCH3 is 1. The molecule has 0 unspecified atom stereocenters. The van der Waals surface area contributed by atoms with Crippen molar-refractivity contribution < 1.29 is 18.3 Å². The lowest BCUT2D eigenvalue weighted by Gasteiger charge is -2.08. The lowest BCUT2D eigenvalue weighted by atomic mass is 10.2. The molecule has 132 valence electrons. The molecule has 0 aliphatic rings. The molecule has 0 aliphatic carbocycles. The quantitative estimate of drug-likeness (QED) is 0.728. The highest BCUT2D eigenvalue weighted by Gasteiger charge is 2.09. The summed E-state index contributed by atoms with van der Waals surface area (Å²) < 4.78 is 31.6. The normalized spacial score (nSPS) is 10.3. The van der Waals surface area contributed by atoms with E-state index in [-0.39, 0.29) is 23.2 Å². The van der Waals surface area contributed by atoms with Gasteiger partial charge in [0.15, 0.2) is 11.6 Å². The van der Waals surface area contributed by atoms with Gasteiger partial charge in [-0.2, -0.15) is 0 Å². The Bertz CT molecular complexity index is 933. The molecule has 1 heterocycles. The number of aromatic nitrogens is 2. The first kappa shape index (κ1) is 17.3. The molecule has 1 amide bonds. The molecule has 0 saturated carbocycles. The number of nitrogens with zero attached hydrogens (tertiary/aromatic N) is 2. The summed E-state index contributed by atoms with van der Waals surface area (Å²) in [5.74, 6) is -0.761. The Kier molecular flexibility index (Phi) is 5.02. The van der Waals surface area contributed by atoms with Crippen molar-refractivity contribution in [2.24, 2.45) is 0 Å².